The normalized spacial score (nSPS) is 10.0. The number of hydrogen-bond acceptors (Lipinski definition) is 3. The van der Waals surface area contributed by atoms with Crippen LogP contribution >= 0.6 is 9.24 Å². The molecule has 0 aliphatic heterocycles. The maximum absolute atomic E-state index is 7.59. The molecule has 5 heteroatoms. The molecule has 0 aliphatic carbocycles. The van der Waals surface area contributed by atoms with Crippen LogP contribution in [0.1, 0.15) is 0 Å². The van der Waals surface area contributed by atoms with E-state index in [1.54, 1.807) is 0 Å². The molecule has 0 saturated carbocycles. The highest BCUT2D eigenvalue weighted by molar-refractivity contribution is 7.17. The quantitative estimate of drug-likeness (QED) is 0.242. The highest BCUT2D eigenvalue weighted by Gasteiger charge is 2.03. The average Bonchev–Trinajstić information content (AvgIpc) is 0.722. The van der Waals surface area contributed by atoms with E-state index in [4.69, 9.17) is 15.3 Å². The molecular formula is CH7O4P. The van der Waals surface area contributed by atoms with Crippen molar-refractivity contribution in [3.63, 3.8) is 0 Å². The zero-order valence-electron chi connectivity index (χ0n) is 2.92. The largest absolute Gasteiger partial charge is 0.412 e. The Balaban J connectivity index is 0. The minimum atomic E-state index is -2.58. The van der Waals surface area contributed by atoms with Crippen molar-refractivity contribution in [1.29, 1.82) is 0 Å². The van der Waals surface area contributed by atoms with Crippen LogP contribution < -0.4 is 0 Å². The van der Waals surface area contributed by atoms with Crippen molar-refractivity contribution in [3.8, 4) is 0 Å². The molecule has 0 aromatic carbocycles. The minimum Gasteiger partial charge on any atom is -0.412 e. The van der Waals surface area contributed by atoms with Gasteiger partial charge in [0, 0.05) is 0 Å². The van der Waals surface area contributed by atoms with Crippen LogP contribution in [0.4, 0.5) is 0 Å². The molecule has 0 bridgehead atoms. The van der Waals surface area contributed by atoms with Crippen LogP contribution in [0.5, 0.6) is 0 Å². The van der Waals surface area contributed by atoms with Crippen LogP contribution in [0.25, 0.3) is 0 Å². The van der Waals surface area contributed by atoms with E-state index >= 15 is 0 Å². The summed E-state index contributed by atoms with van der Waals surface area (Å²) >= 11 is 0. The summed E-state index contributed by atoms with van der Waals surface area (Å²) in [6.07, 6.45) is 0. The number of rotatable bonds is 0. The lowest BCUT2D eigenvalue weighted by molar-refractivity contribution is -0.235. The van der Waals surface area contributed by atoms with Crippen molar-refractivity contribution in [3.05, 3.63) is 0 Å². The molecule has 0 spiro atoms. The van der Waals surface area contributed by atoms with Crippen LogP contribution in [0.2, 0.25) is 0 Å². The van der Waals surface area contributed by atoms with E-state index in [0.29, 0.717) is 0 Å². The third-order valence-corrected chi connectivity index (χ3v) is 0. The van der Waals surface area contributed by atoms with Crippen molar-refractivity contribution in [2.24, 2.45) is 0 Å². The molecule has 0 heterocycles. The van der Waals surface area contributed by atoms with Gasteiger partial charge in [0.15, 0.2) is 0 Å². The first-order valence-corrected chi connectivity index (χ1v) is 1.54. The second-order valence-electron chi connectivity index (χ2n) is 0.687. The first-order chi connectivity index (χ1) is 2.00. The fourth-order valence-corrected chi connectivity index (χ4v) is 0. The lowest BCUT2D eigenvalue weighted by Crippen LogP contribution is -2.15. The van der Waals surface area contributed by atoms with E-state index in [-0.39, 0.29) is 5.48 Å². The second-order valence-corrected chi connectivity index (χ2v) is 1.46. The van der Waals surface area contributed by atoms with E-state index in [9.17, 15) is 0 Å². The van der Waals surface area contributed by atoms with Crippen molar-refractivity contribution in [2.75, 3.05) is 0 Å². The molecule has 0 amide bonds. The van der Waals surface area contributed by atoms with Gasteiger partial charge in [-0.25, -0.2) is 0 Å². The van der Waals surface area contributed by atoms with Gasteiger partial charge < -0.3 is 20.8 Å². The smallest absolute Gasteiger partial charge is 0.287 e. The Morgan fingerprint density at radius 2 is 1.17 bits per heavy atom. The molecule has 1 atom stereocenters. The minimum absolute atomic E-state index is 0. The monoisotopic (exact) mass is 114 g/mol. The molecule has 0 fully saturated rings. The Hall–Kier alpha value is 0.270. The molecule has 4 nitrogen and oxygen atoms in total. The molecule has 0 radical (unpaired) electrons. The summed E-state index contributed by atoms with van der Waals surface area (Å²) < 4.78 is 0. The van der Waals surface area contributed by atoms with E-state index in [1.165, 1.54) is 9.24 Å². The summed E-state index contributed by atoms with van der Waals surface area (Å²) in [4.78, 5) is 0. The molecule has 0 aliphatic rings. The summed E-state index contributed by atoms with van der Waals surface area (Å²) in [7, 11) is 1.38. The van der Waals surface area contributed by atoms with E-state index < -0.39 is 5.71 Å². The van der Waals surface area contributed by atoms with Gasteiger partial charge in [0.25, 0.3) is 5.71 Å². The first-order valence-electron chi connectivity index (χ1n) is 0.959. The summed E-state index contributed by atoms with van der Waals surface area (Å²) in [6, 6.07) is 0. The van der Waals surface area contributed by atoms with Gasteiger partial charge >= 0.3 is 0 Å². The molecule has 40 valence electrons. The van der Waals surface area contributed by atoms with Crippen LogP contribution in [0, 0.1) is 0 Å². The Morgan fingerprint density at radius 3 is 1.17 bits per heavy atom. The summed E-state index contributed by atoms with van der Waals surface area (Å²) in [5, 5.41) is 22.8. The van der Waals surface area contributed by atoms with Gasteiger partial charge in [0.1, 0.15) is 0 Å². The van der Waals surface area contributed by atoms with Crippen LogP contribution in [0.15, 0.2) is 0 Å². The third-order valence-electron chi connectivity index (χ3n) is 0. The molecule has 6 heavy (non-hydrogen) atoms. The third kappa shape index (κ3) is 626. The van der Waals surface area contributed by atoms with Gasteiger partial charge in [-0.05, 0) is 9.24 Å². The fraction of sp³-hybridized carbons (Fsp3) is 1.00. The SMILES string of the molecule is O.OC(O)(O)P. The van der Waals surface area contributed by atoms with Crippen LogP contribution in [0.3, 0.4) is 0 Å². The number of aliphatic hydroxyl groups is 3. The predicted molar refractivity (Wildman–Crippen MR) is 22.7 cm³/mol. The van der Waals surface area contributed by atoms with E-state index in [2.05, 4.69) is 0 Å². The van der Waals surface area contributed by atoms with Gasteiger partial charge in [-0.2, -0.15) is 0 Å². The van der Waals surface area contributed by atoms with Gasteiger partial charge in [-0.1, -0.05) is 0 Å². The van der Waals surface area contributed by atoms with Gasteiger partial charge in [0.2, 0.25) is 0 Å². The Morgan fingerprint density at radius 1 is 1.17 bits per heavy atom. The molecule has 0 aromatic heterocycles. The molecule has 5 N–H and O–H groups in total. The van der Waals surface area contributed by atoms with E-state index in [0.717, 1.165) is 0 Å². The summed E-state index contributed by atoms with van der Waals surface area (Å²) in [5.74, 6) is 0. The zero-order valence-corrected chi connectivity index (χ0v) is 4.07. The highest BCUT2D eigenvalue weighted by atomic mass is 31.0. The lowest BCUT2D eigenvalue weighted by Gasteiger charge is -2.01. The van der Waals surface area contributed by atoms with E-state index in [1.807, 2.05) is 0 Å². The second kappa shape index (κ2) is 2.44. The molecule has 0 rings (SSSR count). The number of hydrogen-bond donors (Lipinski definition) is 3. The van der Waals surface area contributed by atoms with Crippen LogP contribution in [-0.2, 0) is 0 Å². The molecule has 0 saturated heterocycles. The topological polar surface area (TPSA) is 92.2 Å². The zero-order chi connectivity index (χ0) is 4.50. The average molecular weight is 114 g/mol. The van der Waals surface area contributed by atoms with Gasteiger partial charge in [0.05, 0.1) is 0 Å². The van der Waals surface area contributed by atoms with Crippen molar-refractivity contribution in [2.45, 2.75) is 5.71 Å². The maximum atomic E-state index is 7.59. The Labute approximate surface area is 36.9 Å². The molecule has 1 unspecified atom stereocenters. The Bertz CT molecular complexity index is 23.0. The first kappa shape index (κ1) is 9.55. The lowest BCUT2D eigenvalue weighted by atomic mass is 11.3. The summed E-state index contributed by atoms with van der Waals surface area (Å²) in [5.41, 5.74) is -2.58. The van der Waals surface area contributed by atoms with Crippen molar-refractivity contribution >= 4 is 9.24 Å². The van der Waals surface area contributed by atoms with Crippen LogP contribution in [-0.4, -0.2) is 26.5 Å². The predicted octanol–water partition coefficient (Wildman–Crippen LogP) is -2.38. The fourth-order valence-electron chi connectivity index (χ4n) is 0. The summed E-state index contributed by atoms with van der Waals surface area (Å²) in [6.45, 7) is 0. The highest BCUT2D eigenvalue weighted by Crippen LogP contribution is 1.99. The van der Waals surface area contributed by atoms with Gasteiger partial charge in [-0.15, -0.1) is 0 Å². The van der Waals surface area contributed by atoms with Crippen molar-refractivity contribution in [1.82, 2.24) is 0 Å². The molecular weight excluding hydrogens is 107 g/mol. The van der Waals surface area contributed by atoms with Crippen molar-refractivity contribution < 1.29 is 20.8 Å². The Kier molecular flexibility index (Phi) is 3.89. The maximum Gasteiger partial charge on any atom is 0.287 e. The molecule has 0 aromatic rings. The van der Waals surface area contributed by atoms with Gasteiger partial charge in [-0.3, -0.25) is 0 Å². The standard InChI is InChI=1S/CH5O3P.H2O/c2-1(3,4)5;/h2-4H,5H2;1H2.